The van der Waals surface area contributed by atoms with Crippen LogP contribution in [0.2, 0.25) is 5.02 Å². The van der Waals surface area contributed by atoms with E-state index in [-0.39, 0.29) is 27.1 Å². The number of carbonyl (C=O) groups is 1. The second-order valence-electron chi connectivity index (χ2n) is 5.97. The predicted octanol–water partition coefficient (Wildman–Crippen LogP) is 3.82. The van der Waals surface area contributed by atoms with Gasteiger partial charge in [-0.25, -0.2) is 4.39 Å². The molecule has 0 fully saturated rings. The summed E-state index contributed by atoms with van der Waals surface area (Å²) in [5, 5.41) is 19.7. The molecule has 3 rings (SSSR count). The van der Waals surface area contributed by atoms with E-state index in [9.17, 15) is 19.3 Å². The average molecular weight is 421 g/mol. The van der Waals surface area contributed by atoms with Crippen LogP contribution in [0.25, 0.3) is 0 Å². The highest BCUT2D eigenvalue weighted by atomic mass is 35.5. The smallest absolute Gasteiger partial charge is 0.288 e. The number of allylic oxidation sites excluding steroid dienone is 1. The van der Waals surface area contributed by atoms with Crippen molar-refractivity contribution in [3.63, 3.8) is 0 Å². The summed E-state index contributed by atoms with van der Waals surface area (Å²) < 4.78 is 13.9. The lowest BCUT2D eigenvalue weighted by Crippen LogP contribution is -2.45. The monoisotopic (exact) mass is 420 g/mol. The largest absolute Gasteiger partial charge is 0.351 e. The van der Waals surface area contributed by atoms with Gasteiger partial charge in [-0.2, -0.15) is 0 Å². The molecule has 1 aliphatic heterocycles. The van der Waals surface area contributed by atoms with Crippen molar-refractivity contribution in [3.8, 4) is 0 Å². The van der Waals surface area contributed by atoms with Crippen LogP contribution < -0.4 is 16.0 Å². The number of hydrogen-bond donors (Lipinski definition) is 3. The summed E-state index contributed by atoms with van der Waals surface area (Å²) in [6, 6.07) is 9.19. The first-order valence-electron chi connectivity index (χ1n) is 8.06. The molecule has 10 heteroatoms. The van der Waals surface area contributed by atoms with E-state index in [2.05, 4.69) is 16.0 Å². The van der Waals surface area contributed by atoms with Gasteiger partial charge in [0.15, 0.2) is 5.11 Å². The molecule has 1 amide bonds. The van der Waals surface area contributed by atoms with E-state index in [4.69, 9.17) is 23.8 Å². The molecule has 144 valence electrons. The Bertz CT molecular complexity index is 1030. The molecule has 3 N–H and O–H groups in total. The number of nitrogens with zero attached hydrogens (tertiary/aromatic N) is 1. The van der Waals surface area contributed by atoms with Crippen molar-refractivity contribution >= 4 is 46.2 Å². The fourth-order valence-electron chi connectivity index (χ4n) is 2.85. The van der Waals surface area contributed by atoms with E-state index >= 15 is 0 Å². The van der Waals surface area contributed by atoms with Gasteiger partial charge in [-0.1, -0.05) is 29.8 Å². The van der Waals surface area contributed by atoms with Gasteiger partial charge in [0.05, 0.1) is 22.2 Å². The van der Waals surface area contributed by atoms with Crippen molar-refractivity contribution in [1.82, 2.24) is 10.6 Å². The number of nitro benzene ring substituents is 1. The summed E-state index contributed by atoms with van der Waals surface area (Å²) in [5.74, 6) is -1.16. The number of hydrogen-bond acceptors (Lipinski definition) is 4. The van der Waals surface area contributed by atoms with E-state index in [1.165, 1.54) is 30.3 Å². The Labute approximate surface area is 169 Å². The third-order valence-corrected chi connectivity index (χ3v) is 4.68. The SMILES string of the molecule is CC1=C(C(=O)Nc2ccccc2F)[C@H](c2ccc(Cl)c([N+](=O)[O-])c2)NC(=S)N1. The highest BCUT2D eigenvalue weighted by Gasteiger charge is 2.31. The van der Waals surface area contributed by atoms with Crippen molar-refractivity contribution in [1.29, 1.82) is 0 Å². The number of halogens is 2. The Hall–Kier alpha value is -3.04. The third kappa shape index (κ3) is 3.95. The van der Waals surface area contributed by atoms with Crippen LogP contribution in [0.3, 0.4) is 0 Å². The highest BCUT2D eigenvalue weighted by Crippen LogP contribution is 2.33. The maximum absolute atomic E-state index is 13.9. The fraction of sp³-hybridized carbons (Fsp3) is 0.111. The minimum absolute atomic E-state index is 0.0155. The van der Waals surface area contributed by atoms with Gasteiger partial charge in [-0.15, -0.1) is 0 Å². The van der Waals surface area contributed by atoms with Crippen LogP contribution in [0.15, 0.2) is 53.7 Å². The molecular weight excluding hydrogens is 407 g/mol. The van der Waals surface area contributed by atoms with Gasteiger partial charge in [0.1, 0.15) is 10.8 Å². The van der Waals surface area contributed by atoms with Crippen LogP contribution in [0.4, 0.5) is 15.8 Å². The van der Waals surface area contributed by atoms with Crippen molar-refractivity contribution in [2.24, 2.45) is 0 Å². The predicted molar refractivity (Wildman–Crippen MR) is 107 cm³/mol. The minimum atomic E-state index is -0.781. The average Bonchev–Trinajstić information content (AvgIpc) is 2.63. The molecule has 7 nitrogen and oxygen atoms in total. The number of benzene rings is 2. The molecule has 0 unspecified atom stereocenters. The van der Waals surface area contributed by atoms with Gasteiger partial charge in [0.25, 0.3) is 11.6 Å². The number of thiocarbonyl (C=S) groups is 1. The molecule has 28 heavy (non-hydrogen) atoms. The molecule has 2 aromatic rings. The molecule has 0 bridgehead atoms. The van der Waals surface area contributed by atoms with Crippen molar-refractivity contribution < 1.29 is 14.1 Å². The number of nitrogens with one attached hydrogen (secondary N) is 3. The third-order valence-electron chi connectivity index (χ3n) is 4.14. The Kier molecular flexibility index (Phi) is 5.57. The summed E-state index contributed by atoms with van der Waals surface area (Å²) in [6.45, 7) is 1.64. The number of rotatable bonds is 4. The quantitative estimate of drug-likeness (QED) is 0.395. The Morgan fingerprint density at radius 2 is 2.04 bits per heavy atom. The summed E-state index contributed by atoms with van der Waals surface area (Å²) in [5.41, 5.74) is 0.797. The molecule has 0 spiro atoms. The molecule has 1 heterocycles. The Morgan fingerprint density at radius 3 is 2.71 bits per heavy atom. The van der Waals surface area contributed by atoms with Crippen LogP contribution in [0, 0.1) is 15.9 Å². The summed E-state index contributed by atoms with van der Waals surface area (Å²) >= 11 is 11.0. The van der Waals surface area contributed by atoms with Gasteiger partial charge in [-0.05, 0) is 42.9 Å². The maximum atomic E-state index is 13.9. The first-order valence-corrected chi connectivity index (χ1v) is 8.84. The van der Waals surface area contributed by atoms with Crippen LogP contribution in [-0.2, 0) is 4.79 Å². The van der Waals surface area contributed by atoms with E-state index < -0.39 is 22.7 Å². The summed E-state index contributed by atoms with van der Waals surface area (Å²) in [7, 11) is 0. The van der Waals surface area contributed by atoms with Gasteiger partial charge >= 0.3 is 0 Å². The zero-order valence-corrected chi connectivity index (χ0v) is 16.0. The van der Waals surface area contributed by atoms with Gasteiger partial charge in [-0.3, -0.25) is 14.9 Å². The lowest BCUT2D eigenvalue weighted by Gasteiger charge is -2.30. The standard InChI is InChI=1S/C18H14ClFN4O3S/c1-9-15(17(25)22-13-5-3-2-4-12(13)20)16(23-18(28)21-9)10-6-7-11(19)14(8-10)24(26)27/h2-8,16H,1H3,(H,22,25)(H2,21,23,28)/t16-/m0/s1. The lowest BCUT2D eigenvalue weighted by atomic mass is 9.94. The summed E-state index contributed by atoms with van der Waals surface area (Å²) in [4.78, 5) is 23.5. The topological polar surface area (TPSA) is 96.3 Å². The highest BCUT2D eigenvalue weighted by molar-refractivity contribution is 7.80. The van der Waals surface area contributed by atoms with Crippen molar-refractivity contribution in [2.45, 2.75) is 13.0 Å². The van der Waals surface area contributed by atoms with Crippen molar-refractivity contribution in [3.05, 3.63) is 80.3 Å². The zero-order chi connectivity index (χ0) is 20.4. The maximum Gasteiger partial charge on any atom is 0.288 e. The van der Waals surface area contributed by atoms with Gasteiger partial charge < -0.3 is 16.0 Å². The zero-order valence-electron chi connectivity index (χ0n) is 14.5. The molecule has 0 saturated heterocycles. The molecule has 0 saturated carbocycles. The normalized spacial score (nSPS) is 16.2. The van der Waals surface area contributed by atoms with Crippen molar-refractivity contribution in [2.75, 3.05) is 5.32 Å². The minimum Gasteiger partial charge on any atom is -0.351 e. The van der Waals surface area contributed by atoms with E-state index in [0.29, 0.717) is 11.3 Å². The second kappa shape index (κ2) is 7.91. The number of para-hydroxylation sites is 1. The number of anilines is 1. The van der Waals surface area contributed by atoms with Crippen LogP contribution in [0.1, 0.15) is 18.5 Å². The molecule has 0 aromatic heterocycles. The molecule has 1 aliphatic rings. The Balaban J connectivity index is 2.02. The van der Waals surface area contributed by atoms with Crippen LogP contribution in [-0.4, -0.2) is 15.9 Å². The molecule has 1 atom stereocenters. The van der Waals surface area contributed by atoms with Gasteiger partial charge in [0, 0.05) is 11.8 Å². The van der Waals surface area contributed by atoms with E-state index in [1.54, 1.807) is 19.1 Å². The molecule has 2 aromatic carbocycles. The van der Waals surface area contributed by atoms with Crippen LogP contribution in [0.5, 0.6) is 0 Å². The number of amides is 1. The summed E-state index contributed by atoms with van der Waals surface area (Å²) in [6.07, 6.45) is 0. The Morgan fingerprint density at radius 1 is 1.32 bits per heavy atom. The second-order valence-corrected chi connectivity index (χ2v) is 6.79. The molecule has 0 radical (unpaired) electrons. The molecule has 0 aliphatic carbocycles. The van der Waals surface area contributed by atoms with E-state index in [1.807, 2.05) is 0 Å². The first kappa shape index (κ1) is 19.7. The fourth-order valence-corrected chi connectivity index (χ4v) is 3.30. The molecular formula is C18H14ClFN4O3S. The first-order chi connectivity index (χ1) is 13.3. The van der Waals surface area contributed by atoms with E-state index in [0.717, 1.165) is 0 Å². The number of carbonyl (C=O) groups excluding carboxylic acids is 1. The van der Waals surface area contributed by atoms with Crippen LogP contribution >= 0.6 is 23.8 Å². The van der Waals surface area contributed by atoms with Gasteiger partial charge in [0.2, 0.25) is 0 Å². The lowest BCUT2D eigenvalue weighted by molar-refractivity contribution is -0.384. The number of nitro groups is 1.